The SMILES string of the molecule is [C-]#[N+]c1ccc2c(c1)c(Br)cn2Cc1ccccc1C(=O)OC. The van der Waals surface area contributed by atoms with E-state index in [1.54, 1.807) is 12.1 Å². The topological polar surface area (TPSA) is 35.6 Å². The van der Waals surface area contributed by atoms with Gasteiger partial charge in [-0.2, -0.15) is 0 Å². The molecule has 2 aromatic carbocycles. The number of carbonyl (C=O) groups excluding carboxylic acids is 1. The van der Waals surface area contributed by atoms with Crippen LogP contribution in [-0.2, 0) is 11.3 Å². The van der Waals surface area contributed by atoms with Crippen molar-refractivity contribution in [1.82, 2.24) is 4.57 Å². The highest BCUT2D eigenvalue weighted by Crippen LogP contribution is 2.30. The van der Waals surface area contributed by atoms with Crippen LogP contribution in [0.15, 0.2) is 53.1 Å². The van der Waals surface area contributed by atoms with Crippen LogP contribution in [0.2, 0.25) is 0 Å². The van der Waals surface area contributed by atoms with Crippen molar-refractivity contribution in [3.63, 3.8) is 0 Å². The van der Waals surface area contributed by atoms with Gasteiger partial charge < -0.3 is 9.30 Å². The quantitative estimate of drug-likeness (QED) is 0.492. The third-order valence-electron chi connectivity index (χ3n) is 3.71. The van der Waals surface area contributed by atoms with Crippen molar-refractivity contribution in [2.24, 2.45) is 0 Å². The summed E-state index contributed by atoms with van der Waals surface area (Å²) >= 11 is 3.54. The van der Waals surface area contributed by atoms with Crippen LogP contribution in [0.5, 0.6) is 0 Å². The zero-order valence-corrected chi connectivity index (χ0v) is 14.0. The number of hydrogen-bond acceptors (Lipinski definition) is 2. The lowest BCUT2D eigenvalue weighted by Crippen LogP contribution is -2.08. The van der Waals surface area contributed by atoms with Crippen LogP contribution in [0.4, 0.5) is 5.69 Å². The maximum absolute atomic E-state index is 11.9. The fourth-order valence-corrected chi connectivity index (χ4v) is 3.16. The van der Waals surface area contributed by atoms with Gasteiger partial charge in [0.2, 0.25) is 0 Å². The van der Waals surface area contributed by atoms with Gasteiger partial charge in [0.15, 0.2) is 5.69 Å². The van der Waals surface area contributed by atoms with Crippen LogP contribution < -0.4 is 0 Å². The summed E-state index contributed by atoms with van der Waals surface area (Å²) in [7, 11) is 1.38. The number of methoxy groups -OCH3 is 1. The molecule has 0 amide bonds. The van der Waals surface area contributed by atoms with Crippen LogP contribution in [-0.4, -0.2) is 17.6 Å². The Kier molecular flexibility index (Phi) is 4.18. The summed E-state index contributed by atoms with van der Waals surface area (Å²) in [6, 6.07) is 13.0. The molecule has 0 saturated carbocycles. The molecule has 1 aromatic heterocycles. The number of aromatic nitrogens is 1. The van der Waals surface area contributed by atoms with E-state index in [1.165, 1.54) is 7.11 Å². The molecule has 0 N–H and O–H groups in total. The summed E-state index contributed by atoms with van der Waals surface area (Å²) in [5, 5.41) is 0.981. The summed E-state index contributed by atoms with van der Waals surface area (Å²) in [6.45, 7) is 7.67. The van der Waals surface area contributed by atoms with Gasteiger partial charge in [0, 0.05) is 28.1 Å². The zero-order valence-electron chi connectivity index (χ0n) is 12.4. The highest BCUT2D eigenvalue weighted by molar-refractivity contribution is 9.10. The molecule has 0 fully saturated rings. The van der Waals surface area contributed by atoms with Crippen molar-refractivity contribution < 1.29 is 9.53 Å². The van der Waals surface area contributed by atoms with Crippen molar-refractivity contribution in [3.8, 4) is 0 Å². The minimum absolute atomic E-state index is 0.341. The summed E-state index contributed by atoms with van der Waals surface area (Å²) in [6.07, 6.45) is 1.96. The van der Waals surface area contributed by atoms with Crippen molar-refractivity contribution in [2.75, 3.05) is 7.11 Å². The van der Waals surface area contributed by atoms with Gasteiger partial charge in [-0.05, 0) is 39.7 Å². The first-order valence-corrected chi connectivity index (χ1v) is 7.75. The monoisotopic (exact) mass is 368 g/mol. The normalized spacial score (nSPS) is 10.5. The number of nitrogens with zero attached hydrogens (tertiary/aromatic N) is 2. The Morgan fingerprint density at radius 2 is 2.09 bits per heavy atom. The van der Waals surface area contributed by atoms with Crippen molar-refractivity contribution in [3.05, 3.63) is 75.7 Å². The fraction of sp³-hybridized carbons (Fsp3) is 0.111. The standard InChI is InChI=1S/C18H13BrN2O2/c1-20-13-7-8-17-15(9-13)16(19)11-21(17)10-12-5-3-4-6-14(12)18(22)23-2/h3-9,11H,10H2,2H3. The number of halogens is 1. The molecule has 0 atom stereocenters. The largest absolute Gasteiger partial charge is 0.465 e. The van der Waals surface area contributed by atoms with Crippen LogP contribution >= 0.6 is 15.9 Å². The van der Waals surface area contributed by atoms with Crippen LogP contribution in [0.25, 0.3) is 15.7 Å². The summed E-state index contributed by atoms with van der Waals surface area (Å²) in [5.74, 6) is -0.341. The van der Waals surface area contributed by atoms with E-state index in [0.717, 1.165) is 20.9 Å². The summed E-state index contributed by atoms with van der Waals surface area (Å²) in [4.78, 5) is 15.4. The minimum Gasteiger partial charge on any atom is -0.465 e. The lowest BCUT2D eigenvalue weighted by molar-refractivity contribution is 0.0599. The van der Waals surface area contributed by atoms with Crippen LogP contribution in [0.1, 0.15) is 15.9 Å². The number of ether oxygens (including phenoxy) is 1. The third kappa shape index (κ3) is 2.86. The Bertz CT molecular complexity index is 938. The lowest BCUT2D eigenvalue weighted by Gasteiger charge is -2.10. The molecule has 0 bridgehead atoms. The molecule has 114 valence electrons. The lowest BCUT2D eigenvalue weighted by atomic mass is 10.1. The number of hydrogen-bond donors (Lipinski definition) is 0. The van der Waals surface area contributed by atoms with E-state index in [0.29, 0.717) is 17.8 Å². The number of rotatable bonds is 3. The van der Waals surface area contributed by atoms with Crippen molar-refractivity contribution in [2.45, 2.75) is 6.54 Å². The van der Waals surface area contributed by atoms with Crippen molar-refractivity contribution >= 4 is 38.5 Å². The Hall–Kier alpha value is -2.58. The van der Waals surface area contributed by atoms with Gasteiger partial charge in [0.1, 0.15) is 0 Å². The maximum Gasteiger partial charge on any atom is 0.338 e. The Balaban J connectivity index is 2.07. The van der Waals surface area contributed by atoms with Gasteiger partial charge in [-0.3, -0.25) is 0 Å². The first-order valence-electron chi connectivity index (χ1n) is 6.96. The molecule has 0 aliphatic heterocycles. The average molecular weight is 369 g/mol. The molecule has 3 rings (SSSR count). The summed E-state index contributed by atoms with van der Waals surface area (Å²) < 4.78 is 7.82. The molecule has 23 heavy (non-hydrogen) atoms. The second kappa shape index (κ2) is 6.27. The fourth-order valence-electron chi connectivity index (χ4n) is 2.59. The first kappa shape index (κ1) is 15.3. The smallest absolute Gasteiger partial charge is 0.338 e. The Morgan fingerprint density at radius 3 is 2.83 bits per heavy atom. The number of benzene rings is 2. The van der Waals surface area contributed by atoms with E-state index in [1.807, 2.05) is 36.5 Å². The molecular weight excluding hydrogens is 356 g/mol. The molecule has 0 aliphatic carbocycles. The highest BCUT2D eigenvalue weighted by atomic mass is 79.9. The molecule has 1 heterocycles. The predicted octanol–water partition coefficient (Wildman–Crippen LogP) is 4.79. The Labute approximate surface area is 142 Å². The van der Waals surface area contributed by atoms with E-state index in [2.05, 4.69) is 25.3 Å². The highest BCUT2D eigenvalue weighted by Gasteiger charge is 2.13. The second-order valence-electron chi connectivity index (χ2n) is 5.07. The molecule has 0 saturated heterocycles. The number of esters is 1. The first-order chi connectivity index (χ1) is 11.1. The van der Waals surface area contributed by atoms with E-state index >= 15 is 0 Å². The van der Waals surface area contributed by atoms with Gasteiger partial charge in [-0.25, -0.2) is 9.64 Å². The van der Waals surface area contributed by atoms with E-state index < -0.39 is 0 Å². The van der Waals surface area contributed by atoms with Crippen LogP contribution in [0, 0.1) is 6.57 Å². The molecule has 4 nitrogen and oxygen atoms in total. The number of carbonyl (C=O) groups is 1. The minimum atomic E-state index is -0.341. The molecule has 5 heteroatoms. The molecular formula is C18H13BrN2O2. The van der Waals surface area contributed by atoms with Gasteiger partial charge in [-0.15, -0.1) is 0 Å². The third-order valence-corrected chi connectivity index (χ3v) is 4.34. The number of fused-ring (bicyclic) bond motifs is 1. The molecule has 0 spiro atoms. The predicted molar refractivity (Wildman–Crippen MR) is 92.8 cm³/mol. The average Bonchev–Trinajstić information content (AvgIpc) is 2.90. The molecule has 0 radical (unpaired) electrons. The van der Waals surface area contributed by atoms with Gasteiger partial charge in [0.05, 0.1) is 19.2 Å². The zero-order chi connectivity index (χ0) is 16.4. The van der Waals surface area contributed by atoms with E-state index in [-0.39, 0.29) is 5.97 Å². The van der Waals surface area contributed by atoms with Gasteiger partial charge in [-0.1, -0.05) is 24.3 Å². The van der Waals surface area contributed by atoms with Crippen LogP contribution in [0.3, 0.4) is 0 Å². The van der Waals surface area contributed by atoms with Crippen molar-refractivity contribution in [1.29, 1.82) is 0 Å². The second-order valence-corrected chi connectivity index (χ2v) is 5.92. The van der Waals surface area contributed by atoms with Gasteiger partial charge in [0.25, 0.3) is 0 Å². The van der Waals surface area contributed by atoms with E-state index in [9.17, 15) is 4.79 Å². The molecule has 0 unspecified atom stereocenters. The van der Waals surface area contributed by atoms with E-state index in [4.69, 9.17) is 11.3 Å². The summed E-state index contributed by atoms with van der Waals surface area (Å²) in [5.41, 5.74) is 3.05. The molecule has 0 aliphatic rings. The maximum atomic E-state index is 11.9. The van der Waals surface area contributed by atoms with Gasteiger partial charge >= 0.3 is 5.97 Å². The molecule has 3 aromatic rings. The Morgan fingerprint density at radius 1 is 1.30 bits per heavy atom.